The number of carbonyl (C=O) groups is 1. The summed E-state index contributed by atoms with van der Waals surface area (Å²) in [6.45, 7) is 4.30. The minimum Gasteiger partial charge on any atom is -0.394 e. The second-order valence-electron chi connectivity index (χ2n) is 15.5. The maximum atomic E-state index is 12.4. The Balaban J connectivity index is 3.62. The summed E-state index contributed by atoms with van der Waals surface area (Å²) < 4.78 is 0. The molecular formula is C48H89NO3. The Morgan fingerprint density at radius 2 is 0.808 bits per heavy atom. The Morgan fingerprint density at radius 1 is 0.462 bits per heavy atom. The normalized spacial score (nSPS) is 13.4. The molecular weight excluding hydrogens is 639 g/mol. The molecule has 0 bridgehead atoms. The van der Waals surface area contributed by atoms with Crippen molar-refractivity contribution in [2.45, 2.75) is 244 Å². The van der Waals surface area contributed by atoms with Crippen LogP contribution in [0.2, 0.25) is 0 Å². The minimum absolute atomic E-state index is 0.0815. The molecule has 0 aliphatic heterocycles. The summed E-state index contributed by atoms with van der Waals surface area (Å²) >= 11 is 0. The van der Waals surface area contributed by atoms with Crippen molar-refractivity contribution in [3.63, 3.8) is 0 Å². The number of amides is 1. The molecule has 1 amide bonds. The van der Waals surface area contributed by atoms with Crippen LogP contribution in [0, 0.1) is 0 Å². The number of nitrogens with one attached hydrogen (secondary N) is 1. The monoisotopic (exact) mass is 728 g/mol. The van der Waals surface area contributed by atoms with Crippen LogP contribution in [0.3, 0.4) is 0 Å². The second kappa shape index (κ2) is 43.8. The van der Waals surface area contributed by atoms with Crippen molar-refractivity contribution in [1.29, 1.82) is 0 Å². The number of carbonyl (C=O) groups excluding carboxylic acids is 1. The van der Waals surface area contributed by atoms with Crippen LogP contribution in [0.25, 0.3) is 0 Å². The van der Waals surface area contributed by atoms with Crippen LogP contribution in [0.15, 0.2) is 48.6 Å². The molecule has 0 radical (unpaired) electrons. The van der Waals surface area contributed by atoms with Gasteiger partial charge in [-0.15, -0.1) is 0 Å². The van der Waals surface area contributed by atoms with Gasteiger partial charge in [0.05, 0.1) is 18.8 Å². The van der Waals surface area contributed by atoms with Crippen LogP contribution in [0.1, 0.15) is 232 Å². The molecule has 0 heterocycles. The lowest BCUT2D eigenvalue weighted by atomic mass is 10.1. The van der Waals surface area contributed by atoms with Crippen molar-refractivity contribution >= 4 is 5.91 Å². The van der Waals surface area contributed by atoms with Crippen molar-refractivity contribution in [2.75, 3.05) is 6.61 Å². The fourth-order valence-electron chi connectivity index (χ4n) is 6.75. The maximum absolute atomic E-state index is 12.4. The quantitative estimate of drug-likeness (QED) is 0.0434. The summed E-state index contributed by atoms with van der Waals surface area (Å²) in [7, 11) is 0. The summed E-state index contributed by atoms with van der Waals surface area (Å²) in [6, 6.07) is -0.644. The highest BCUT2D eigenvalue weighted by Crippen LogP contribution is 2.14. The number of aliphatic hydroxyl groups excluding tert-OH is 2. The lowest BCUT2D eigenvalue weighted by Gasteiger charge is -2.19. The Bertz CT molecular complexity index is 831. The van der Waals surface area contributed by atoms with Gasteiger partial charge in [-0.3, -0.25) is 4.79 Å². The zero-order valence-corrected chi connectivity index (χ0v) is 34.8. The van der Waals surface area contributed by atoms with Crippen LogP contribution in [0.5, 0.6) is 0 Å². The Labute approximate surface area is 324 Å². The Hall–Kier alpha value is -1.65. The standard InChI is InChI=1S/C48H89NO3/c1-3-5-7-9-11-13-15-17-19-21-22-23-24-25-26-28-30-32-34-36-38-40-42-44-48(52)49-46(45-50)47(51)43-41-39-37-35-33-31-29-27-20-18-16-14-12-10-8-6-4-2/h22-23,25-26,33,35,41,43,46-47,50-51H,3-21,24,27-32,34,36-40,42,44-45H2,1-2H3,(H,49,52)/b23-22-,26-25-,35-33+,43-41+. The van der Waals surface area contributed by atoms with Crippen LogP contribution < -0.4 is 5.32 Å². The highest BCUT2D eigenvalue weighted by atomic mass is 16.3. The molecule has 0 spiro atoms. The maximum Gasteiger partial charge on any atom is 0.220 e. The van der Waals surface area contributed by atoms with E-state index in [-0.39, 0.29) is 12.5 Å². The van der Waals surface area contributed by atoms with Gasteiger partial charge in [-0.2, -0.15) is 0 Å². The largest absolute Gasteiger partial charge is 0.394 e. The van der Waals surface area contributed by atoms with E-state index in [1.54, 1.807) is 6.08 Å². The topological polar surface area (TPSA) is 69.6 Å². The fraction of sp³-hybridized carbons (Fsp3) is 0.812. The van der Waals surface area contributed by atoms with Crippen LogP contribution in [-0.4, -0.2) is 34.9 Å². The third-order valence-corrected chi connectivity index (χ3v) is 10.3. The number of allylic oxidation sites excluding steroid dienone is 7. The molecule has 0 aromatic carbocycles. The van der Waals surface area contributed by atoms with Crippen molar-refractivity contribution in [3.05, 3.63) is 48.6 Å². The molecule has 0 aliphatic carbocycles. The molecule has 2 atom stereocenters. The van der Waals surface area contributed by atoms with E-state index in [9.17, 15) is 15.0 Å². The van der Waals surface area contributed by atoms with Crippen molar-refractivity contribution in [3.8, 4) is 0 Å². The third kappa shape index (κ3) is 39.6. The summed E-state index contributed by atoms with van der Waals surface area (Å²) in [5, 5.41) is 23.0. The van der Waals surface area contributed by atoms with E-state index < -0.39 is 12.1 Å². The van der Waals surface area contributed by atoms with E-state index in [4.69, 9.17) is 0 Å². The van der Waals surface area contributed by atoms with E-state index in [0.717, 1.165) is 44.9 Å². The summed E-state index contributed by atoms with van der Waals surface area (Å²) in [5.74, 6) is -0.0815. The molecule has 0 saturated carbocycles. The van der Waals surface area contributed by atoms with E-state index in [1.165, 1.54) is 167 Å². The van der Waals surface area contributed by atoms with E-state index in [0.29, 0.717) is 6.42 Å². The van der Waals surface area contributed by atoms with Gasteiger partial charge in [0.15, 0.2) is 0 Å². The first-order valence-electron chi connectivity index (χ1n) is 22.9. The number of hydrogen-bond donors (Lipinski definition) is 3. The highest BCUT2D eigenvalue weighted by molar-refractivity contribution is 5.76. The molecule has 304 valence electrons. The zero-order valence-electron chi connectivity index (χ0n) is 34.8. The number of rotatable bonds is 41. The van der Waals surface area contributed by atoms with E-state index >= 15 is 0 Å². The molecule has 3 N–H and O–H groups in total. The molecule has 0 rings (SSSR count). The van der Waals surface area contributed by atoms with Crippen molar-refractivity contribution < 1.29 is 15.0 Å². The molecule has 0 aliphatic rings. The second-order valence-corrected chi connectivity index (χ2v) is 15.5. The lowest BCUT2D eigenvalue weighted by Crippen LogP contribution is -2.45. The molecule has 52 heavy (non-hydrogen) atoms. The van der Waals surface area contributed by atoms with Gasteiger partial charge in [0.2, 0.25) is 5.91 Å². The number of unbranched alkanes of at least 4 members (excludes halogenated alkanes) is 28. The molecule has 0 fully saturated rings. The van der Waals surface area contributed by atoms with Crippen LogP contribution in [0.4, 0.5) is 0 Å². The molecule has 2 unspecified atom stereocenters. The first-order valence-corrected chi connectivity index (χ1v) is 22.9. The summed E-state index contributed by atoms with van der Waals surface area (Å²) in [5.41, 5.74) is 0. The number of hydrogen-bond acceptors (Lipinski definition) is 3. The Kier molecular flexibility index (Phi) is 42.4. The molecule has 4 heteroatoms. The van der Waals surface area contributed by atoms with Crippen molar-refractivity contribution in [2.24, 2.45) is 0 Å². The SMILES string of the molecule is CCCCCCCCCCC/C=C\C/C=C\CCCCCCCCCC(=O)NC(CO)C(O)/C=C/CC/C=C/CCCCCCCCCCCCC. The summed E-state index contributed by atoms with van der Waals surface area (Å²) in [4.78, 5) is 12.4. The lowest BCUT2D eigenvalue weighted by molar-refractivity contribution is -0.123. The smallest absolute Gasteiger partial charge is 0.220 e. The molecule has 0 aromatic rings. The first-order chi connectivity index (χ1) is 25.7. The average molecular weight is 728 g/mol. The predicted molar refractivity (Wildman–Crippen MR) is 230 cm³/mol. The Morgan fingerprint density at radius 3 is 1.23 bits per heavy atom. The zero-order chi connectivity index (χ0) is 37.8. The van der Waals surface area contributed by atoms with Gasteiger partial charge in [0, 0.05) is 6.42 Å². The van der Waals surface area contributed by atoms with Crippen LogP contribution >= 0.6 is 0 Å². The van der Waals surface area contributed by atoms with Gasteiger partial charge in [0.1, 0.15) is 0 Å². The van der Waals surface area contributed by atoms with Gasteiger partial charge < -0.3 is 15.5 Å². The molecule has 4 nitrogen and oxygen atoms in total. The van der Waals surface area contributed by atoms with Crippen molar-refractivity contribution in [1.82, 2.24) is 5.32 Å². The van der Waals surface area contributed by atoms with Gasteiger partial charge >= 0.3 is 0 Å². The van der Waals surface area contributed by atoms with E-state index in [1.807, 2.05) is 6.08 Å². The van der Waals surface area contributed by atoms with Crippen LogP contribution in [-0.2, 0) is 4.79 Å². The summed E-state index contributed by atoms with van der Waals surface area (Å²) in [6.07, 6.45) is 59.4. The number of aliphatic hydroxyl groups is 2. The fourth-order valence-corrected chi connectivity index (χ4v) is 6.75. The predicted octanol–water partition coefficient (Wildman–Crippen LogP) is 14.4. The van der Waals surface area contributed by atoms with Gasteiger partial charge in [0.25, 0.3) is 0 Å². The van der Waals surface area contributed by atoms with Gasteiger partial charge in [-0.1, -0.05) is 210 Å². The molecule has 0 aromatic heterocycles. The van der Waals surface area contributed by atoms with E-state index in [2.05, 4.69) is 55.6 Å². The van der Waals surface area contributed by atoms with Gasteiger partial charge in [-0.05, 0) is 64.2 Å². The molecule has 0 saturated heterocycles. The highest BCUT2D eigenvalue weighted by Gasteiger charge is 2.17. The third-order valence-electron chi connectivity index (χ3n) is 10.3. The van der Waals surface area contributed by atoms with Gasteiger partial charge in [-0.25, -0.2) is 0 Å². The minimum atomic E-state index is -0.866. The first kappa shape index (κ1) is 50.4. The average Bonchev–Trinajstić information content (AvgIpc) is 3.15.